The van der Waals surface area contributed by atoms with Crippen LogP contribution in [0.25, 0.3) is 0 Å². The molecule has 1 atom stereocenters. The van der Waals surface area contributed by atoms with Crippen molar-refractivity contribution in [1.82, 2.24) is 15.5 Å². The highest BCUT2D eigenvalue weighted by atomic mass is 16.2. The molecule has 120 valence electrons. The zero-order valence-electron chi connectivity index (χ0n) is 13.4. The number of carbonyl (C=O) groups excluding carboxylic acids is 2. The van der Waals surface area contributed by atoms with Crippen LogP contribution >= 0.6 is 0 Å². The minimum absolute atomic E-state index is 0.112. The third kappa shape index (κ3) is 3.76. The average molecular weight is 295 g/mol. The minimum atomic E-state index is -0.197. The summed E-state index contributed by atoms with van der Waals surface area (Å²) in [6.45, 7) is 7.38. The molecular weight excluding hydrogens is 266 g/mol. The number of likely N-dealkylation sites (tertiary alicyclic amines) is 1. The van der Waals surface area contributed by atoms with Crippen LogP contribution in [-0.4, -0.2) is 48.9 Å². The molecule has 0 bridgehead atoms. The molecule has 0 aromatic heterocycles. The van der Waals surface area contributed by atoms with Crippen molar-refractivity contribution in [2.75, 3.05) is 26.2 Å². The Morgan fingerprint density at radius 3 is 2.52 bits per heavy atom. The van der Waals surface area contributed by atoms with E-state index in [1.54, 1.807) is 0 Å². The second-order valence-electron chi connectivity index (χ2n) is 6.40. The fourth-order valence-corrected chi connectivity index (χ4v) is 3.50. The summed E-state index contributed by atoms with van der Waals surface area (Å²) in [7, 11) is 0. The first-order valence-corrected chi connectivity index (χ1v) is 8.41. The largest absolute Gasteiger partial charge is 0.353 e. The topological polar surface area (TPSA) is 61.4 Å². The lowest BCUT2D eigenvalue weighted by molar-refractivity contribution is -0.144. The summed E-state index contributed by atoms with van der Waals surface area (Å²) in [4.78, 5) is 26.3. The average Bonchev–Trinajstić information content (AvgIpc) is 2.55. The number of carbonyl (C=O) groups is 2. The summed E-state index contributed by atoms with van der Waals surface area (Å²) >= 11 is 0. The van der Waals surface area contributed by atoms with Crippen LogP contribution < -0.4 is 10.6 Å². The number of nitrogens with one attached hydrogen (secondary N) is 2. The predicted octanol–water partition coefficient (Wildman–Crippen LogP) is 1.28. The zero-order chi connectivity index (χ0) is 15.3. The van der Waals surface area contributed by atoms with Gasteiger partial charge in [-0.15, -0.1) is 0 Å². The van der Waals surface area contributed by atoms with Crippen molar-refractivity contribution in [3.63, 3.8) is 0 Å². The van der Waals surface area contributed by atoms with Crippen LogP contribution in [0.3, 0.4) is 0 Å². The van der Waals surface area contributed by atoms with Gasteiger partial charge in [0.05, 0.1) is 5.41 Å². The lowest BCUT2D eigenvalue weighted by atomic mass is 9.76. The molecule has 0 aliphatic carbocycles. The van der Waals surface area contributed by atoms with E-state index in [0.717, 1.165) is 58.3 Å². The summed E-state index contributed by atoms with van der Waals surface area (Å²) in [6, 6.07) is 0.239. The molecule has 2 fully saturated rings. The number of nitrogens with zero attached hydrogens (tertiary/aromatic N) is 1. The summed E-state index contributed by atoms with van der Waals surface area (Å²) < 4.78 is 0. The van der Waals surface area contributed by atoms with Gasteiger partial charge in [0, 0.05) is 32.1 Å². The molecule has 2 saturated heterocycles. The molecular formula is C16H29N3O2. The van der Waals surface area contributed by atoms with E-state index in [2.05, 4.69) is 17.6 Å². The Morgan fingerprint density at radius 1 is 1.29 bits per heavy atom. The van der Waals surface area contributed by atoms with Gasteiger partial charge in [0.25, 0.3) is 0 Å². The van der Waals surface area contributed by atoms with Crippen LogP contribution in [0.4, 0.5) is 0 Å². The monoisotopic (exact) mass is 295 g/mol. The van der Waals surface area contributed by atoms with Crippen LogP contribution in [0.1, 0.15) is 52.4 Å². The first-order valence-electron chi connectivity index (χ1n) is 8.41. The fraction of sp³-hybridized carbons (Fsp3) is 0.875. The minimum Gasteiger partial charge on any atom is -0.353 e. The first kappa shape index (κ1) is 16.3. The Morgan fingerprint density at radius 2 is 2.00 bits per heavy atom. The number of rotatable bonds is 4. The molecule has 0 aromatic rings. The predicted molar refractivity (Wildman–Crippen MR) is 82.9 cm³/mol. The Labute approximate surface area is 127 Å². The van der Waals surface area contributed by atoms with E-state index in [1.165, 1.54) is 0 Å². The number of piperidine rings is 2. The Bertz CT molecular complexity index is 370. The molecule has 2 rings (SSSR count). The normalized spacial score (nSPS) is 27.4. The lowest BCUT2D eigenvalue weighted by Gasteiger charge is -2.42. The van der Waals surface area contributed by atoms with Crippen molar-refractivity contribution in [3.05, 3.63) is 0 Å². The lowest BCUT2D eigenvalue weighted by Crippen LogP contribution is -2.55. The van der Waals surface area contributed by atoms with Gasteiger partial charge in [0.1, 0.15) is 0 Å². The van der Waals surface area contributed by atoms with Crippen LogP contribution in [-0.2, 0) is 9.59 Å². The van der Waals surface area contributed by atoms with E-state index in [9.17, 15) is 9.59 Å². The first-order chi connectivity index (χ1) is 10.1. The third-order valence-corrected chi connectivity index (χ3v) is 5.07. The molecule has 0 saturated carbocycles. The Hall–Kier alpha value is -1.10. The van der Waals surface area contributed by atoms with Crippen molar-refractivity contribution < 1.29 is 9.59 Å². The number of hydrogen-bond acceptors (Lipinski definition) is 3. The van der Waals surface area contributed by atoms with Gasteiger partial charge in [0.15, 0.2) is 0 Å². The fourth-order valence-electron chi connectivity index (χ4n) is 3.50. The van der Waals surface area contributed by atoms with E-state index >= 15 is 0 Å². The van der Waals surface area contributed by atoms with Gasteiger partial charge >= 0.3 is 0 Å². The molecule has 0 aromatic carbocycles. The maximum Gasteiger partial charge on any atom is 0.230 e. The van der Waals surface area contributed by atoms with Crippen LogP contribution in [0.2, 0.25) is 0 Å². The molecule has 2 aliphatic rings. The summed E-state index contributed by atoms with van der Waals surface area (Å²) in [5.41, 5.74) is -0.197. The van der Waals surface area contributed by atoms with Gasteiger partial charge in [-0.05, 0) is 38.6 Å². The molecule has 0 spiro atoms. The van der Waals surface area contributed by atoms with Crippen molar-refractivity contribution in [2.24, 2.45) is 5.41 Å². The van der Waals surface area contributed by atoms with E-state index in [-0.39, 0.29) is 17.4 Å². The number of amides is 2. The van der Waals surface area contributed by atoms with Crippen molar-refractivity contribution in [1.29, 1.82) is 0 Å². The Balaban J connectivity index is 1.88. The summed E-state index contributed by atoms with van der Waals surface area (Å²) in [5.74, 6) is 0.429. The third-order valence-electron chi connectivity index (χ3n) is 5.07. The molecule has 5 nitrogen and oxygen atoms in total. The highest BCUT2D eigenvalue weighted by Gasteiger charge is 2.41. The molecule has 5 heteroatoms. The van der Waals surface area contributed by atoms with Gasteiger partial charge in [-0.3, -0.25) is 9.59 Å². The number of hydrogen-bond donors (Lipinski definition) is 2. The molecule has 1 unspecified atom stereocenters. The SMILES string of the molecule is CCC(=O)NC1CCN(C(=O)C2(CC)CCCNC2)CC1. The molecule has 2 aliphatic heterocycles. The second kappa shape index (κ2) is 7.25. The summed E-state index contributed by atoms with van der Waals surface area (Å²) in [5, 5.41) is 6.43. The smallest absolute Gasteiger partial charge is 0.230 e. The van der Waals surface area contributed by atoms with Crippen molar-refractivity contribution in [2.45, 2.75) is 58.4 Å². The summed E-state index contributed by atoms with van der Waals surface area (Å²) in [6.07, 6.45) is 5.29. The quantitative estimate of drug-likeness (QED) is 0.821. The van der Waals surface area contributed by atoms with Crippen molar-refractivity contribution in [3.8, 4) is 0 Å². The van der Waals surface area contributed by atoms with Crippen LogP contribution in [0.15, 0.2) is 0 Å². The van der Waals surface area contributed by atoms with E-state index < -0.39 is 0 Å². The van der Waals surface area contributed by atoms with E-state index in [0.29, 0.717) is 12.3 Å². The van der Waals surface area contributed by atoms with E-state index in [4.69, 9.17) is 0 Å². The molecule has 2 amide bonds. The molecule has 2 heterocycles. The molecule has 2 N–H and O–H groups in total. The highest BCUT2D eigenvalue weighted by molar-refractivity contribution is 5.83. The van der Waals surface area contributed by atoms with Gasteiger partial charge in [-0.2, -0.15) is 0 Å². The van der Waals surface area contributed by atoms with Gasteiger partial charge < -0.3 is 15.5 Å². The van der Waals surface area contributed by atoms with Gasteiger partial charge in [0.2, 0.25) is 11.8 Å². The van der Waals surface area contributed by atoms with Crippen LogP contribution in [0, 0.1) is 5.41 Å². The zero-order valence-corrected chi connectivity index (χ0v) is 13.4. The van der Waals surface area contributed by atoms with Gasteiger partial charge in [-0.25, -0.2) is 0 Å². The highest BCUT2D eigenvalue weighted by Crippen LogP contribution is 2.33. The molecule has 0 radical (unpaired) electrons. The molecule has 21 heavy (non-hydrogen) atoms. The van der Waals surface area contributed by atoms with Gasteiger partial charge in [-0.1, -0.05) is 13.8 Å². The van der Waals surface area contributed by atoms with Crippen molar-refractivity contribution >= 4 is 11.8 Å². The Kier molecular flexibility index (Phi) is 5.62. The maximum absolute atomic E-state index is 12.9. The van der Waals surface area contributed by atoms with E-state index in [1.807, 2.05) is 11.8 Å². The van der Waals surface area contributed by atoms with Crippen LogP contribution in [0.5, 0.6) is 0 Å². The maximum atomic E-state index is 12.9. The standard InChI is InChI=1S/C16H29N3O2/c1-3-14(20)18-13-6-10-19(11-7-13)15(21)16(4-2)8-5-9-17-12-16/h13,17H,3-12H2,1-2H3,(H,18,20). The second-order valence-corrected chi connectivity index (χ2v) is 6.40.